The Bertz CT molecular complexity index is 2930. The summed E-state index contributed by atoms with van der Waals surface area (Å²) in [5, 5.41) is 5.15. The molecule has 6 aromatic carbocycles. The molecule has 278 valence electrons. The molecular formula is C52H42IN2OP. The molecule has 0 N–H and O–H groups in total. The van der Waals surface area contributed by atoms with E-state index in [1.165, 1.54) is 38.7 Å². The highest BCUT2D eigenvalue weighted by Gasteiger charge is 2.41. The van der Waals surface area contributed by atoms with Gasteiger partial charge in [0.25, 0.3) is 0 Å². The molecule has 0 bridgehead atoms. The number of halogens is 1. The number of benzene rings is 6. The van der Waals surface area contributed by atoms with Gasteiger partial charge < -0.3 is 14.0 Å². The van der Waals surface area contributed by atoms with E-state index < -0.39 is 7.14 Å². The molecule has 2 aliphatic heterocycles. The number of fused-ring (bicyclic) bond motifs is 9. The fraction of sp³-hybridized carbons (Fsp3) is 0.154. The van der Waals surface area contributed by atoms with Gasteiger partial charge in [0.2, 0.25) is 0 Å². The zero-order valence-electron chi connectivity index (χ0n) is 32.1. The van der Waals surface area contributed by atoms with E-state index >= 15 is 4.57 Å². The van der Waals surface area contributed by atoms with Crippen LogP contribution in [0.3, 0.4) is 0 Å². The minimum atomic E-state index is -3.16. The minimum Gasteiger partial charge on any atom is -0.337 e. The third-order valence-corrected chi connectivity index (χ3v) is 17.3. The van der Waals surface area contributed by atoms with Gasteiger partial charge in [-0.05, 0) is 113 Å². The molecule has 0 amide bonds. The molecule has 1 aromatic heterocycles. The van der Waals surface area contributed by atoms with Gasteiger partial charge in [0, 0.05) is 50.3 Å². The zero-order valence-corrected chi connectivity index (χ0v) is 35.1. The Morgan fingerprint density at radius 2 is 1.32 bits per heavy atom. The van der Waals surface area contributed by atoms with Gasteiger partial charge in [-0.1, -0.05) is 151 Å². The molecular weight excluding hydrogens is 826 g/mol. The molecule has 57 heavy (non-hydrogen) atoms. The molecule has 0 saturated heterocycles. The summed E-state index contributed by atoms with van der Waals surface area (Å²) in [6, 6.07) is 49.6. The Morgan fingerprint density at radius 3 is 2.05 bits per heavy atom. The lowest BCUT2D eigenvalue weighted by molar-refractivity contribution is 0.475. The normalized spacial score (nSPS) is 24.3. The molecule has 3 heterocycles. The second-order valence-electron chi connectivity index (χ2n) is 16.0. The van der Waals surface area contributed by atoms with Gasteiger partial charge in [0.15, 0.2) is 7.14 Å². The van der Waals surface area contributed by atoms with Crippen molar-refractivity contribution < 1.29 is 4.57 Å². The SMILES string of the molecule is CC1C2=C(C=CCC2)C2=C/C(I)c3ccccc3N(c3ccc4c(c3)-c3cc(-n5c6ccccc6c6ccccc65)ccc3P4(=O)c3ccccc3)C/C=C\2C1C. The van der Waals surface area contributed by atoms with E-state index in [2.05, 4.69) is 179 Å². The topological polar surface area (TPSA) is 25.2 Å². The predicted molar refractivity (Wildman–Crippen MR) is 249 cm³/mol. The summed E-state index contributed by atoms with van der Waals surface area (Å²) >= 11 is 2.65. The summed E-state index contributed by atoms with van der Waals surface area (Å²) in [4.78, 5) is 2.49. The van der Waals surface area contributed by atoms with Crippen LogP contribution in [0.4, 0.5) is 11.4 Å². The van der Waals surface area contributed by atoms with Gasteiger partial charge in [-0.25, -0.2) is 0 Å². The summed E-state index contributed by atoms with van der Waals surface area (Å²) in [7, 11) is -3.16. The number of alkyl halides is 1. The summed E-state index contributed by atoms with van der Waals surface area (Å²) < 4.78 is 18.4. The van der Waals surface area contributed by atoms with E-state index in [0.717, 1.165) is 68.8 Å². The Hall–Kier alpha value is -5.16. The maximum absolute atomic E-state index is 15.8. The second kappa shape index (κ2) is 13.5. The Kier molecular flexibility index (Phi) is 8.28. The van der Waals surface area contributed by atoms with Crippen molar-refractivity contribution in [3.8, 4) is 16.8 Å². The highest BCUT2D eigenvalue weighted by atomic mass is 127. The van der Waals surface area contributed by atoms with E-state index in [1.54, 1.807) is 5.57 Å². The van der Waals surface area contributed by atoms with Crippen LogP contribution in [-0.2, 0) is 4.57 Å². The maximum atomic E-state index is 15.8. The third kappa shape index (κ3) is 5.26. The van der Waals surface area contributed by atoms with Crippen LogP contribution in [0.1, 0.15) is 36.2 Å². The standard InChI is InChI=1S/C52H42IN2OP/c1-33-34(2)39-28-29-54(48-21-11-10-20-43(48)47(53)32-44(39)40-17-7-6-16-38(33)40)35-24-26-51-45(30-35)46-31-36(25-27-52(46)57(51,56)37-14-4-3-5-15-37)55-49-22-12-8-18-41(49)42-19-9-13-23-50(42)55/h3-5,7-15,17-28,30-34,47H,6,16,29H2,1-2H3/b39-28-,44-32+. The Labute approximate surface area is 348 Å². The highest BCUT2D eigenvalue weighted by molar-refractivity contribution is 14.1. The van der Waals surface area contributed by atoms with Crippen molar-refractivity contribution >= 4 is 78.8 Å². The van der Waals surface area contributed by atoms with Crippen molar-refractivity contribution in [2.75, 3.05) is 11.4 Å². The fourth-order valence-electron chi connectivity index (χ4n) is 10.2. The number of hydrogen-bond donors (Lipinski definition) is 0. The van der Waals surface area contributed by atoms with Crippen LogP contribution in [0.15, 0.2) is 186 Å². The van der Waals surface area contributed by atoms with E-state index in [4.69, 9.17) is 0 Å². The monoisotopic (exact) mass is 868 g/mol. The molecule has 4 atom stereocenters. The first kappa shape index (κ1) is 35.0. The summed E-state index contributed by atoms with van der Waals surface area (Å²) in [6.07, 6.45) is 12.1. The molecule has 0 spiro atoms. The number of aromatic nitrogens is 1. The first-order valence-electron chi connectivity index (χ1n) is 20.2. The lowest BCUT2D eigenvalue weighted by atomic mass is 9.68. The zero-order chi connectivity index (χ0) is 38.4. The molecule has 5 heteroatoms. The largest absolute Gasteiger partial charge is 0.337 e. The quantitative estimate of drug-likeness (QED) is 0.100. The molecule has 4 aliphatic rings. The van der Waals surface area contributed by atoms with Crippen LogP contribution in [0.2, 0.25) is 0 Å². The molecule has 4 unspecified atom stereocenters. The van der Waals surface area contributed by atoms with E-state index in [0.29, 0.717) is 11.8 Å². The highest BCUT2D eigenvalue weighted by Crippen LogP contribution is 2.54. The molecule has 11 rings (SSSR count). The number of rotatable bonds is 3. The van der Waals surface area contributed by atoms with Crippen LogP contribution in [0.25, 0.3) is 38.6 Å². The van der Waals surface area contributed by atoms with E-state index in [9.17, 15) is 0 Å². The van der Waals surface area contributed by atoms with Crippen LogP contribution in [0.5, 0.6) is 0 Å². The molecule has 3 nitrogen and oxygen atoms in total. The number of hydrogen-bond acceptors (Lipinski definition) is 2. The average molecular weight is 869 g/mol. The third-order valence-electron chi connectivity index (χ3n) is 13.1. The first-order valence-corrected chi connectivity index (χ1v) is 23.1. The predicted octanol–water partition coefficient (Wildman–Crippen LogP) is 12.8. The molecule has 7 aromatic rings. The van der Waals surface area contributed by atoms with Crippen molar-refractivity contribution in [3.05, 3.63) is 192 Å². The van der Waals surface area contributed by atoms with E-state index in [1.807, 2.05) is 30.3 Å². The molecule has 0 fully saturated rings. The smallest absolute Gasteiger partial charge is 0.172 e. The fourth-order valence-corrected chi connectivity index (χ4v) is 14.1. The van der Waals surface area contributed by atoms with Crippen LogP contribution < -0.4 is 20.8 Å². The van der Waals surface area contributed by atoms with Crippen molar-refractivity contribution in [1.82, 2.24) is 4.57 Å². The minimum absolute atomic E-state index is 0.185. The van der Waals surface area contributed by atoms with Crippen molar-refractivity contribution in [1.29, 1.82) is 0 Å². The van der Waals surface area contributed by atoms with Gasteiger partial charge >= 0.3 is 0 Å². The Balaban J connectivity index is 1.11. The van der Waals surface area contributed by atoms with Crippen molar-refractivity contribution in [2.24, 2.45) is 11.8 Å². The van der Waals surface area contributed by atoms with Crippen LogP contribution in [0, 0.1) is 11.8 Å². The van der Waals surface area contributed by atoms with Gasteiger partial charge in [-0.3, -0.25) is 0 Å². The number of nitrogens with zero attached hydrogens (tertiary/aromatic N) is 2. The van der Waals surface area contributed by atoms with Gasteiger partial charge in [0.1, 0.15) is 0 Å². The number of para-hydroxylation sites is 3. The number of allylic oxidation sites excluding steroid dienone is 7. The van der Waals surface area contributed by atoms with Crippen molar-refractivity contribution in [3.63, 3.8) is 0 Å². The number of anilines is 2. The molecule has 2 aliphatic carbocycles. The first-order chi connectivity index (χ1) is 27.9. The second-order valence-corrected chi connectivity index (χ2v) is 20.0. The summed E-state index contributed by atoms with van der Waals surface area (Å²) in [5.74, 6) is 0.932. The average Bonchev–Trinajstić information content (AvgIpc) is 3.75. The lowest BCUT2D eigenvalue weighted by Gasteiger charge is -2.37. The summed E-state index contributed by atoms with van der Waals surface area (Å²) in [6.45, 7) is 5.58. The van der Waals surface area contributed by atoms with Crippen molar-refractivity contribution in [2.45, 2.75) is 30.6 Å². The molecule has 0 radical (unpaired) electrons. The van der Waals surface area contributed by atoms with E-state index in [-0.39, 0.29) is 3.92 Å². The van der Waals surface area contributed by atoms with Crippen LogP contribution in [-0.4, -0.2) is 11.1 Å². The Morgan fingerprint density at radius 1 is 0.684 bits per heavy atom. The maximum Gasteiger partial charge on any atom is 0.172 e. The molecule has 0 saturated carbocycles. The van der Waals surface area contributed by atoms with Gasteiger partial charge in [-0.2, -0.15) is 0 Å². The van der Waals surface area contributed by atoms with Gasteiger partial charge in [0.05, 0.1) is 15.0 Å². The summed E-state index contributed by atoms with van der Waals surface area (Å²) in [5.41, 5.74) is 15.0. The van der Waals surface area contributed by atoms with Gasteiger partial charge in [-0.15, -0.1) is 0 Å². The van der Waals surface area contributed by atoms with Crippen LogP contribution >= 0.6 is 29.7 Å². The lowest BCUT2D eigenvalue weighted by Crippen LogP contribution is -2.25.